The minimum absolute atomic E-state index is 0.315. The standard InChI is InChI=1S/C13H16OS.C6H13NO/c1-5-10(2)15-11(3)12-8-6-7-9-13(12)14-4;1-2-6(8)4-3-5-7/h5-9H,3H2,1-2,4H3;2-5,7H2,1H3/b10-5-;. The van der Waals surface area contributed by atoms with Crippen LogP contribution in [0.4, 0.5) is 0 Å². The number of ketones is 1. The fourth-order valence-corrected chi connectivity index (χ4v) is 2.44. The Kier molecular flexibility index (Phi) is 12.1. The first-order valence-electron chi connectivity index (χ1n) is 7.84. The second-order valence-corrected chi connectivity index (χ2v) is 6.25. The maximum Gasteiger partial charge on any atom is 0.132 e. The van der Waals surface area contributed by atoms with Gasteiger partial charge in [-0.15, -0.1) is 0 Å². The number of nitrogens with two attached hydrogens (primary N) is 1. The van der Waals surface area contributed by atoms with Gasteiger partial charge in [-0.25, -0.2) is 0 Å². The predicted octanol–water partition coefficient (Wildman–Crippen LogP) is 5.03. The van der Waals surface area contributed by atoms with Crippen LogP contribution in [0.15, 0.2) is 41.8 Å². The second kappa shape index (κ2) is 13.0. The van der Waals surface area contributed by atoms with Crippen LogP contribution in [0.2, 0.25) is 0 Å². The smallest absolute Gasteiger partial charge is 0.132 e. The lowest BCUT2D eigenvalue weighted by molar-refractivity contribution is -0.118. The molecule has 0 aromatic heterocycles. The third-order valence-electron chi connectivity index (χ3n) is 3.15. The zero-order valence-corrected chi connectivity index (χ0v) is 15.5. The van der Waals surface area contributed by atoms with Gasteiger partial charge in [-0.05, 0) is 37.8 Å². The average Bonchev–Trinajstić information content (AvgIpc) is 2.59. The lowest BCUT2D eigenvalue weighted by Gasteiger charge is -2.10. The molecule has 0 atom stereocenters. The number of carbonyl (C=O) groups excluding carboxylic acids is 1. The van der Waals surface area contributed by atoms with E-state index < -0.39 is 0 Å². The molecule has 2 N–H and O–H groups in total. The summed E-state index contributed by atoms with van der Waals surface area (Å²) < 4.78 is 5.29. The quantitative estimate of drug-likeness (QED) is 0.724. The summed E-state index contributed by atoms with van der Waals surface area (Å²) in [5, 5.41) is 0. The Morgan fingerprint density at radius 1 is 1.39 bits per heavy atom. The average molecular weight is 336 g/mol. The van der Waals surface area contributed by atoms with Crippen LogP contribution in [0, 0.1) is 0 Å². The molecule has 0 heterocycles. The molecule has 0 bridgehead atoms. The van der Waals surface area contributed by atoms with Crippen molar-refractivity contribution < 1.29 is 9.53 Å². The summed E-state index contributed by atoms with van der Waals surface area (Å²) >= 11 is 1.67. The van der Waals surface area contributed by atoms with Crippen molar-refractivity contribution in [2.24, 2.45) is 5.73 Å². The second-order valence-electron chi connectivity index (χ2n) is 4.91. The molecule has 1 aromatic rings. The van der Waals surface area contributed by atoms with Crippen molar-refractivity contribution in [1.82, 2.24) is 0 Å². The van der Waals surface area contributed by atoms with Crippen molar-refractivity contribution in [3.05, 3.63) is 47.4 Å². The van der Waals surface area contributed by atoms with E-state index in [4.69, 9.17) is 10.5 Å². The molecule has 4 heteroatoms. The van der Waals surface area contributed by atoms with Gasteiger partial charge in [0.2, 0.25) is 0 Å². The Morgan fingerprint density at radius 2 is 2.04 bits per heavy atom. The van der Waals surface area contributed by atoms with Crippen LogP contribution in [-0.4, -0.2) is 19.4 Å². The molecule has 0 saturated carbocycles. The van der Waals surface area contributed by atoms with E-state index in [-0.39, 0.29) is 0 Å². The van der Waals surface area contributed by atoms with Gasteiger partial charge in [0, 0.05) is 23.3 Å². The molecule has 0 amide bonds. The molecule has 1 aromatic carbocycles. The summed E-state index contributed by atoms with van der Waals surface area (Å²) in [5.41, 5.74) is 6.24. The minimum atomic E-state index is 0.315. The summed E-state index contributed by atoms with van der Waals surface area (Å²) in [6.45, 7) is 10.7. The van der Waals surface area contributed by atoms with Crippen molar-refractivity contribution in [2.45, 2.75) is 40.0 Å². The van der Waals surface area contributed by atoms with Gasteiger partial charge in [-0.2, -0.15) is 0 Å². The van der Waals surface area contributed by atoms with Gasteiger partial charge < -0.3 is 10.5 Å². The van der Waals surface area contributed by atoms with Crippen LogP contribution in [0.3, 0.4) is 0 Å². The highest BCUT2D eigenvalue weighted by Crippen LogP contribution is 2.36. The van der Waals surface area contributed by atoms with Gasteiger partial charge in [0.05, 0.1) is 7.11 Å². The Labute approximate surface area is 145 Å². The van der Waals surface area contributed by atoms with E-state index in [0.717, 1.165) is 22.6 Å². The summed E-state index contributed by atoms with van der Waals surface area (Å²) in [6, 6.07) is 7.93. The van der Waals surface area contributed by atoms with Crippen molar-refractivity contribution >= 4 is 22.5 Å². The normalized spacial score (nSPS) is 10.6. The SMILES string of the molecule is C=C(S/C(C)=C\C)c1ccccc1OC.CCC(=O)CCCN. The molecule has 0 fully saturated rings. The maximum absolute atomic E-state index is 10.5. The maximum atomic E-state index is 10.5. The molecule has 23 heavy (non-hydrogen) atoms. The fraction of sp³-hybridized carbons (Fsp3) is 0.421. The van der Waals surface area contributed by atoms with Crippen molar-refractivity contribution in [2.75, 3.05) is 13.7 Å². The molecule has 0 aliphatic carbocycles. The van der Waals surface area contributed by atoms with E-state index >= 15 is 0 Å². The molecule has 0 aliphatic rings. The van der Waals surface area contributed by atoms with Gasteiger partial charge in [-0.1, -0.05) is 49.5 Å². The van der Waals surface area contributed by atoms with Crippen LogP contribution in [0.1, 0.15) is 45.6 Å². The third kappa shape index (κ3) is 9.26. The third-order valence-corrected chi connectivity index (χ3v) is 4.18. The Hall–Kier alpha value is -1.52. The number of allylic oxidation sites excluding steroid dienone is 2. The molecule has 0 radical (unpaired) electrons. The van der Waals surface area contributed by atoms with Crippen LogP contribution >= 0.6 is 11.8 Å². The van der Waals surface area contributed by atoms with Crippen LogP contribution < -0.4 is 10.5 Å². The highest BCUT2D eigenvalue weighted by Gasteiger charge is 2.06. The highest BCUT2D eigenvalue weighted by molar-refractivity contribution is 8.11. The molecule has 0 spiro atoms. The van der Waals surface area contributed by atoms with Gasteiger partial charge in [0.1, 0.15) is 11.5 Å². The zero-order valence-electron chi connectivity index (χ0n) is 14.7. The number of benzene rings is 1. The van der Waals surface area contributed by atoms with E-state index in [1.54, 1.807) is 18.9 Å². The van der Waals surface area contributed by atoms with Gasteiger partial charge in [0.15, 0.2) is 0 Å². The number of hydrogen-bond acceptors (Lipinski definition) is 4. The lowest BCUT2D eigenvalue weighted by Crippen LogP contribution is -2.02. The minimum Gasteiger partial charge on any atom is -0.496 e. The number of carbonyl (C=O) groups is 1. The lowest BCUT2D eigenvalue weighted by atomic mass is 10.2. The van der Waals surface area contributed by atoms with Crippen LogP contribution in [0.25, 0.3) is 4.91 Å². The molecule has 0 saturated heterocycles. The topological polar surface area (TPSA) is 52.3 Å². The van der Waals surface area contributed by atoms with E-state index in [0.29, 0.717) is 25.2 Å². The number of para-hydroxylation sites is 1. The number of thioether (sulfide) groups is 1. The number of ether oxygens (including phenoxy) is 1. The summed E-state index contributed by atoms with van der Waals surface area (Å²) in [5.74, 6) is 1.19. The molecular formula is C19H29NO2S. The first kappa shape index (κ1) is 21.5. The van der Waals surface area contributed by atoms with E-state index in [1.807, 2.05) is 38.1 Å². The predicted molar refractivity (Wildman–Crippen MR) is 103 cm³/mol. The van der Waals surface area contributed by atoms with E-state index in [1.165, 1.54) is 4.91 Å². The van der Waals surface area contributed by atoms with Gasteiger partial charge in [0.25, 0.3) is 0 Å². The van der Waals surface area contributed by atoms with Crippen molar-refractivity contribution in [3.8, 4) is 5.75 Å². The highest BCUT2D eigenvalue weighted by atomic mass is 32.2. The molecule has 128 valence electrons. The van der Waals surface area contributed by atoms with E-state index in [2.05, 4.69) is 19.6 Å². The van der Waals surface area contributed by atoms with Crippen molar-refractivity contribution in [3.63, 3.8) is 0 Å². The number of methoxy groups -OCH3 is 1. The van der Waals surface area contributed by atoms with Crippen molar-refractivity contribution in [1.29, 1.82) is 0 Å². The number of hydrogen-bond donors (Lipinski definition) is 1. The first-order chi connectivity index (χ1) is 11.0. The molecule has 3 nitrogen and oxygen atoms in total. The summed E-state index contributed by atoms with van der Waals surface area (Å²) in [7, 11) is 1.68. The van der Waals surface area contributed by atoms with Gasteiger partial charge in [-0.3, -0.25) is 4.79 Å². The van der Waals surface area contributed by atoms with E-state index in [9.17, 15) is 4.79 Å². The Bertz CT molecular complexity index is 524. The Balaban J connectivity index is 0.000000515. The molecule has 0 unspecified atom stereocenters. The monoisotopic (exact) mass is 335 g/mol. The zero-order chi connectivity index (χ0) is 17.7. The Morgan fingerprint density at radius 3 is 2.57 bits per heavy atom. The molecule has 0 aliphatic heterocycles. The van der Waals surface area contributed by atoms with Crippen LogP contribution in [0.5, 0.6) is 5.75 Å². The molecule has 1 rings (SSSR count). The van der Waals surface area contributed by atoms with Gasteiger partial charge >= 0.3 is 0 Å². The van der Waals surface area contributed by atoms with Crippen LogP contribution in [-0.2, 0) is 4.79 Å². The number of rotatable bonds is 8. The summed E-state index contributed by atoms with van der Waals surface area (Å²) in [4.78, 5) is 12.8. The first-order valence-corrected chi connectivity index (χ1v) is 8.66. The largest absolute Gasteiger partial charge is 0.496 e. The molecular weight excluding hydrogens is 306 g/mol. The fourth-order valence-electron chi connectivity index (χ4n) is 1.66. The number of Topliss-reactive ketones (excluding diaryl/α,β-unsaturated/α-hetero) is 1. The summed E-state index contributed by atoms with van der Waals surface area (Å²) in [6.07, 6.45) is 4.23.